The molecule has 8 nitrogen and oxygen atoms in total. The number of nitrogens with one attached hydrogen (secondary N) is 1. The number of nitrogens with zero attached hydrogens (tertiary/aromatic N) is 4. The first-order chi connectivity index (χ1) is 12.5. The van der Waals surface area contributed by atoms with Gasteiger partial charge in [0.1, 0.15) is 0 Å². The van der Waals surface area contributed by atoms with Crippen molar-refractivity contribution in [1.82, 2.24) is 15.0 Å². The molecule has 9 heteroatoms. The number of carbonyl (C=O) groups excluding carboxylic acids is 1. The van der Waals surface area contributed by atoms with Crippen LogP contribution in [-0.4, -0.2) is 40.8 Å². The van der Waals surface area contributed by atoms with Crippen molar-refractivity contribution >= 4 is 33.7 Å². The van der Waals surface area contributed by atoms with E-state index in [4.69, 9.17) is 9.47 Å². The van der Waals surface area contributed by atoms with Crippen molar-refractivity contribution in [3.05, 3.63) is 34.7 Å². The number of halogens is 1. The van der Waals surface area contributed by atoms with Gasteiger partial charge in [0.05, 0.1) is 35.6 Å². The Balaban J connectivity index is 1.97. The van der Waals surface area contributed by atoms with Crippen LogP contribution in [0.5, 0.6) is 5.88 Å². The zero-order chi connectivity index (χ0) is 18.7. The number of ether oxygens (including phenoxy) is 2. The maximum atomic E-state index is 12.4. The van der Waals surface area contributed by atoms with Crippen molar-refractivity contribution in [3.63, 3.8) is 0 Å². The Hall–Kier alpha value is -2.42. The minimum absolute atomic E-state index is 0.0790. The number of amides is 1. The Kier molecular flexibility index (Phi) is 5.55. The van der Waals surface area contributed by atoms with Crippen molar-refractivity contribution in [2.75, 3.05) is 23.9 Å². The molecule has 0 saturated heterocycles. The molecule has 1 N–H and O–H groups in total. The fourth-order valence-corrected chi connectivity index (χ4v) is 3.16. The summed E-state index contributed by atoms with van der Waals surface area (Å²) in [7, 11) is 1.56. The number of rotatable bonds is 4. The minimum Gasteiger partial charge on any atom is -0.481 e. The Morgan fingerprint density at radius 3 is 2.77 bits per heavy atom. The summed E-state index contributed by atoms with van der Waals surface area (Å²) in [5, 5.41) is 3.30. The molecule has 0 radical (unpaired) electrons. The Morgan fingerprint density at radius 2 is 2.12 bits per heavy atom. The molecule has 0 unspecified atom stereocenters. The second-order valence-corrected chi connectivity index (χ2v) is 6.75. The van der Waals surface area contributed by atoms with Gasteiger partial charge in [-0.05, 0) is 42.3 Å². The monoisotopic (exact) mass is 421 g/mol. The van der Waals surface area contributed by atoms with Gasteiger partial charge >= 0.3 is 6.09 Å². The second kappa shape index (κ2) is 7.86. The molecule has 0 aromatic carbocycles. The molecule has 1 amide bonds. The number of methoxy groups -OCH3 is 1. The molecule has 0 aliphatic carbocycles. The maximum absolute atomic E-state index is 12.4. The summed E-state index contributed by atoms with van der Waals surface area (Å²) in [6.07, 6.45) is 3.59. The highest BCUT2D eigenvalue weighted by Crippen LogP contribution is 2.38. The number of pyridine rings is 1. The van der Waals surface area contributed by atoms with Crippen LogP contribution >= 0.6 is 15.9 Å². The normalized spacial score (nSPS) is 18.8. The topological polar surface area (TPSA) is 89.5 Å². The second-order valence-electron chi connectivity index (χ2n) is 5.83. The molecule has 0 spiro atoms. The zero-order valence-corrected chi connectivity index (χ0v) is 16.4. The third-order valence-corrected chi connectivity index (χ3v) is 4.49. The van der Waals surface area contributed by atoms with E-state index in [9.17, 15) is 4.79 Å². The highest BCUT2D eigenvalue weighted by Gasteiger charge is 2.36. The van der Waals surface area contributed by atoms with E-state index >= 15 is 0 Å². The number of carbonyl (C=O) groups is 1. The smallest absolute Gasteiger partial charge is 0.414 e. The van der Waals surface area contributed by atoms with Gasteiger partial charge < -0.3 is 14.8 Å². The first-order valence-corrected chi connectivity index (χ1v) is 9.07. The van der Waals surface area contributed by atoms with Gasteiger partial charge in [0.2, 0.25) is 11.8 Å². The van der Waals surface area contributed by atoms with Gasteiger partial charge in [-0.25, -0.2) is 19.7 Å². The predicted molar refractivity (Wildman–Crippen MR) is 100 cm³/mol. The molecule has 26 heavy (non-hydrogen) atoms. The molecular weight excluding hydrogens is 402 g/mol. The van der Waals surface area contributed by atoms with E-state index in [1.165, 1.54) is 0 Å². The lowest BCUT2D eigenvalue weighted by atomic mass is 9.96. The van der Waals surface area contributed by atoms with Gasteiger partial charge in [-0.15, -0.1) is 0 Å². The van der Waals surface area contributed by atoms with Crippen molar-refractivity contribution in [2.45, 2.75) is 32.4 Å². The summed E-state index contributed by atoms with van der Waals surface area (Å²) < 4.78 is 11.3. The first-order valence-electron chi connectivity index (χ1n) is 8.28. The Labute approximate surface area is 160 Å². The highest BCUT2D eigenvalue weighted by atomic mass is 79.9. The molecule has 2 aromatic rings. The first kappa shape index (κ1) is 18.4. The van der Waals surface area contributed by atoms with Gasteiger partial charge in [-0.3, -0.25) is 4.90 Å². The fraction of sp³-hybridized carbons (Fsp3) is 0.412. The van der Waals surface area contributed by atoms with Crippen LogP contribution in [0.4, 0.5) is 16.4 Å². The lowest BCUT2D eigenvalue weighted by Gasteiger charge is -2.38. The molecule has 1 aliphatic rings. The molecule has 2 aromatic heterocycles. The van der Waals surface area contributed by atoms with E-state index in [0.717, 1.165) is 4.47 Å². The minimum atomic E-state index is -0.383. The molecule has 1 aliphatic heterocycles. The molecule has 138 valence electrons. The largest absolute Gasteiger partial charge is 0.481 e. The fourth-order valence-electron chi connectivity index (χ4n) is 2.96. The van der Waals surface area contributed by atoms with Crippen LogP contribution in [0.2, 0.25) is 0 Å². The van der Waals surface area contributed by atoms with Crippen LogP contribution in [0, 0.1) is 0 Å². The summed E-state index contributed by atoms with van der Waals surface area (Å²) in [5.41, 5.74) is 1.39. The summed E-state index contributed by atoms with van der Waals surface area (Å²) >= 11 is 3.32. The molecule has 0 fully saturated rings. The van der Waals surface area contributed by atoms with Crippen molar-refractivity contribution < 1.29 is 14.3 Å². The predicted octanol–water partition coefficient (Wildman–Crippen LogP) is 3.55. The van der Waals surface area contributed by atoms with Gasteiger partial charge in [0.15, 0.2) is 0 Å². The lowest BCUT2D eigenvalue weighted by Crippen LogP contribution is -2.45. The number of hydrogen-bond acceptors (Lipinski definition) is 7. The van der Waals surface area contributed by atoms with Crippen molar-refractivity contribution in [3.8, 4) is 5.88 Å². The summed E-state index contributed by atoms with van der Waals surface area (Å²) in [5.74, 6) is 0.969. The van der Waals surface area contributed by atoms with Crippen molar-refractivity contribution in [2.24, 2.45) is 0 Å². The van der Waals surface area contributed by atoms with Crippen LogP contribution in [0.3, 0.4) is 0 Å². The van der Waals surface area contributed by atoms with Gasteiger partial charge in [0.25, 0.3) is 0 Å². The van der Waals surface area contributed by atoms with Crippen molar-refractivity contribution in [1.29, 1.82) is 0 Å². The van der Waals surface area contributed by atoms with E-state index in [1.54, 1.807) is 37.4 Å². The van der Waals surface area contributed by atoms with Gasteiger partial charge in [-0.1, -0.05) is 0 Å². The number of aromatic nitrogens is 3. The van der Waals surface area contributed by atoms with E-state index in [0.29, 0.717) is 36.2 Å². The summed E-state index contributed by atoms with van der Waals surface area (Å²) in [6.45, 7) is 4.07. The van der Waals surface area contributed by atoms with E-state index < -0.39 is 0 Å². The van der Waals surface area contributed by atoms with Gasteiger partial charge in [-0.2, -0.15) is 0 Å². The third-order valence-electron chi connectivity index (χ3n) is 4.08. The lowest BCUT2D eigenvalue weighted by molar-refractivity contribution is 0.156. The van der Waals surface area contributed by atoms with E-state index in [-0.39, 0.29) is 18.2 Å². The van der Waals surface area contributed by atoms with Crippen LogP contribution in [0.25, 0.3) is 0 Å². The molecule has 3 rings (SSSR count). The molecule has 3 heterocycles. The molecule has 0 bridgehead atoms. The standard InChI is InChI=1S/C17H20BrN5O3/c1-4-26-17(24)23-10(2)7-12(21-16-19-8-11(18)9-20-16)15-13(23)5-6-14(22-15)25-3/h5-6,8-10,12H,4,7H2,1-3H3,(H,19,20,21)/t10-,12+/m1/s1. The molecule has 2 atom stereocenters. The summed E-state index contributed by atoms with van der Waals surface area (Å²) in [4.78, 5) is 27.1. The summed E-state index contributed by atoms with van der Waals surface area (Å²) in [6, 6.07) is 3.31. The van der Waals surface area contributed by atoms with Crippen LogP contribution in [0.1, 0.15) is 32.0 Å². The number of fused-ring (bicyclic) bond motifs is 1. The SMILES string of the molecule is CCOC(=O)N1c2ccc(OC)nc2[C@@H](Nc2ncc(Br)cn2)C[C@H]1C. The van der Waals surface area contributed by atoms with Crippen LogP contribution < -0.4 is 15.0 Å². The maximum Gasteiger partial charge on any atom is 0.414 e. The average Bonchev–Trinajstić information content (AvgIpc) is 2.63. The number of anilines is 2. The number of hydrogen-bond donors (Lipinski definition) is 1. The zero-order valence-electron chi connectivity index (χ0n) is 14.8. The quantitative estimate of drug-likeness (QED) is 0.806. The average molecular weight is 422 g/mol. The van der Waals surface area contributed by atoms with E-state index in [1.807, 2.05) is 13.0 Å². The Morgan fingerprint density at radius 1 is 1.38 bits per heavy atom. The third kappa shape index (κ3) is 3.72. The van der Waals surface area contributed by atoms with E-state index in [2.05, 4.69) is 36.2 Å². The molecule has 0 saturated carbocycles. The highest BCUT2D eigenvalue weighted by molar-refractivity contribution is 9.10. The molecular formula is C17H20BrN5O3. The van der Waals surface area contributed by atoms with Crippen LogP contribution in [0.15, 0.2) is 29.0 Å². The van der Waals surface area contributed by atoms with Crippen LogP contribution in [-0.2, 0) is 4.74 Å². The van der Waals surface area contributed by atoms with Gasteiger partial charge in [0, 0.05) is 24.5 Å². The Bertz CT molecular complexity index is 786.